The first-order valence-corrected chi connectivity index (χ1v) is 9.76. The minimum absolute atomic E-state index is 0.516. The van der Waals surface area contributed by atoms with Gasteiger partial charge in [-0.05, 0) is 25.7 Å². The largest absolute Gasteiger partial charge is 0.476 e. The molecule has 25 heavy (non-hydrogen) atoms. The number of pyridine rings is 1. The lowest BCUT2D eigenvalue weighted by Gasteiger charge is -2.24. The van der Waals surface area contributed by atoms with Gasteiger partial charge in [-0.15, -0.1) is 0 Å². The molecule has 0 aliphatic heterocycles. The normalized spacial score (nSPS) is 13.4. The van der Waals surface area contributed by atoms with Crippen molar-refractivity contribution in [3.05, 3.63) is 24.3 Å². The second-order valence-corrected chi connectivity index (χ2v) is 6.02. The van der Waals surface area contributed by atoms with Crippen LogP contribution in [0.3, 0.4) is 0 Å². The fourth-order valence-electron chi connectivity index (χ4n) is 2.88. The number of anilines is 2. The van der Waals surface area contributed by atoms with Crippen LogP contribution in [-0.4, -0.2) is 37.3 Å². The molecule has 0 fully saturated rings. The molecule has 3 N–H and O–H groups in total. The summed E-state index contributed by atoms with van der Waals surface area (Å²) in [6.07, 6.45) is 8.89. The van der Waals surface area contributed by atoms with E-state index in [1.54, 1.807) is 0 Å². The van der Waals surface area contributed by atoms with Crippen LogP contribution in [0.5, 0.6) is 5.88 Å². The van der Waals surface area contributed by atoms with Gasteiger partial charge in [-0.3, -0.25) is 0 Å². The van der Waals surface area contributed by atoms with Gasteiger partial charge < -0.3 is 20.7 Å². The zero-order valence-electron chi connectivity index (χ0n) is 16.4. The van der Waals surface area contributed by atoms with Crippen molar-refractivity contribution >= 4 is 11.5 Å². The minimum atomic E-state index is 0.516. The predicted molar refractivity (Wildman–Crippen MR) is 108 cm³/mol. The third-order valence-corrected chi connectivity index (χ3v) is 3.95. The smallest absolute Gasteiger partial charge is 0.217 e. The number of nitrogen functional groups attached to an aromatic ring is 1. The van der Waals surface area contributed by atoms with E-state index in [0.717, 1.165) is 51.0 Å². The summed E-state index contributed by atoms with van der Waals surface area (Å²) in [6.45, 7) is 11.8. The average molecular weight is 349 g/mol. The van der Waals surface area contributed by atoms with Crippen molar-refractivity contribution in [2.75, 3.05) is 36.9 Å². The van der Waals surface area contributed by atoms with Crippen LogP contribution in [0.1, 0.15) is 53.4 Å². The van der Waals surface area contributed by atoms with E-state index in [1.165, 1.54) is 0 Å². The summed E-state index contributed by atoms with van der Waals surface area (Å²) in [7, 11) is 0. The summed E-state index contributed by atoms with van der Waals surface area (Å²) in [6, 6.07) is 4.49. The summed E-state index contributed by atoms with van der Waals surface area (Å²) < 4.78 is 5.79. The maximum atomic E-state index is 5.95. The fourth-order valence-corrected chi connectivity index (χ4v) is 2.88. The molecule has 0 amide bonds. The van der Waals surface area contributed by atoms with E-state index < -0.39 is 0 Å². The monoisotopic (exact) mass is 348 g/mol. The van der Waals surface area contributed by atoms with Crippen molar-refractivity contribution in [3.8, 4) is 5.88 Å². The van der Waals surface area contributed by atoms with Gasteiger partial charge in [0.1, 0.15) is 12.4 Å². The van der Waals surface area contributed by atoms with Gasteiger partial charge in [-0.2, -0.15) is 4.98 Å². The number of hydrogen-bond donors (Lipinski definition) is 2. The molecule has 0 unspecified atom stereocenters. The van der Waals surface area contributed by atoms with Crippen molar-refractivity contribution in [1.29, 1.82) is 0 Å². The molecule has 0 spiro atoms. The molecule has 0 aromatic carbocycles. The molecule has 1 heterocycles. The van der Waals surface area contributed by atoms with Gasteiger partial charge in [0.2, 0.25) is 5.88 Å². The van der Waals surface area contributed by atoms with Gasteiger partial charge in [0.05, 0.1) is 0 Å². The number of nitrogens with two attached hydrogens (primary N) is 1. The van der Waals surface area contributed by atoms with Gasteiger partial charge in [-0.25, -0.2) is 0 Å². The van der Waals surface area contributed by atoms with E-state index in [0.29, 0.717) is 24.3 Å². The van der Waals surface area contributed by atoms with Crippen LogP contribution >= 0.6 is 0 Å². The standard InChI is InChI=1S/C18H30N4O.C2H6/c1-3-10-22(11-4-2)16-13-17(19)21-18(14-16)23-12-9-20-15-7-5-6-8-15;1-2/h5-6,13-15,20H,3-4,7-12H2,1-2H3,(H2,19,21);1-2H3. The van der Waals surface area contributed by atoms with Crippen LogP contribution in [0.25, 0.3) is 0 Å². The minimum Gasteiger partial charge on any atom is -0.476 e. The maximum absolute atomic E-state index is 5.95. The van der Waals surface area contributed by atoms with Gasteiger partial charge in [-0.1, -0.05) is 39.8 Å². The molecule has 2 rings (SSSR count). The van der Waals surface area contributed by atoms with Crippen LogP contribution in [-0.2, 0) is 0 Å². The van der Waals surface area contributed by atoms with Crippen LogP contribution < -0.4 is 20.7 Å². The van der Waals surface area contributed by atoms with E-state index >= 15 is 0 Å². The van der Waals surface area contributed by atoms with Crippen LogP contribution in [0.4, 0.5) is 11.5 Å². The Morgan fingerprint density at radius 3 is 2.40 bits per heavy atom. The Balaban J connectivity index is 0.00000151. The van der Waals surface area contributed by atoms with Crippen molar-refractivity contribution in [2.45, 2.75) is 59.4 Å². The molecule has 1 aliphatic carbocycles. The molecule has 0 radical (unpaired) electrons. The molecule has 0 saturated carbocycles. The lowest BCUT2D eigenvalue weighted by Crippen LogP contribution is -2.30. The zero-order chi connectivity index (χ0) is 18.5. The van der Waals surface area contributed by atoms with Crippen molar-refractivity contribution in [2.24, 2.45) is 0 Å². The topological polar surface area (TPSA) is 63.4 Å². The quantitative estimate of drug-likeness (QED) is 0.494. The number of nitrogens with one attached hydrogen (secondary N) is 1. The van der Waals surface area contributed by atoms with Crippen molar-refractivity contribution < 1.29 is 4.74 Å². The lowest BCUT2D eigenvalue weighted by atomic mass is 10.2. The second-order valence-electron chi connectivity index (χ2n) is 6.02. The number of ether oxygens (including phenoxy) is 1. The predicted octanol–water partition coefficient (Wildman–Crippen LogP) is 4.00. The van der Waals surface area contributed by atoms with Gasteiger partial charge >= 0.3 is 0 Å². The number of rotatable bonds is 10. The maximum Gasteiger partial charge on any atom is 0.217 e. The Morgan fingerprint density at radius 1 is 1.16 bits per heavy atom. The highest BCUT2D eigenvalue weighted by Gasteiger charge is 2.10. The summed E-state index contributed by atoms with van der Waals surface area (Å²) in [5.74, 6) is 1.13. The molecular weight excluding hydrogens is 312 g/mol. The molecule has 1 aromatic heterocycles. The lowest BCUT2D eigenvalue weighted by molar-refractivity contribution is 0.296. The Morgan fingerprint density at radius 2 is 1.80 bits per heavy atom. The van der Waals surface area contributed by atoms with E-state index in [2.05, 4.69) is 41.2 Å². The summed E-state index contributed by atoms with van der Waals surface area (Å²) in [4.78, 5) is 6.64. The van der Waals surface area contributed by atoms with Crippen molar-refractivity contribution in [1.82, 2.24) is 10.3 Å². The molecule has 5 heteroatoms. The molecule has 0 atom stereocenters. The third kappa shape index (κ3) is 7.78. The molecule has 142 valence electrons. The van der Waals surface area contributed by atoms with Gasteiger partial charge in [0.15, 0.2) is 0 Å². The van der Waals surface area contributed by atoms with E-state index in [9.17, 15) is 0 Å². The summed E-state index contributed by atoms with van der Waals surface area (Å²) >= 11 is 0. The van der Waals surface area contributed by atoms with E-state index in [-0.39, 0.29) is 0 Å². The van der Waals surface area contributed by atoms with Crippen LogP contribution in [0.2, 0.25) is 0 Å². The first-order chi connectivity index (χ1) is 12.2. The Bertz CT molecular complexity index is 490. The van der Waals surface area contributed by atoms with Crippen LogP contribution in [0, 0.1) is 0 Å². The summed E-state index contributed by atoms with van der Waals surface area (Å²) in [5.41, 5.74) is 7.05. The highest BCUT2D eigenvalue weighted by atomic mass is 16.5. The average Bonchev–Trinajstić information content (AvgIpc) is 3.13. The molecule has 1 aliphatic rings. The van der Waals surface area contributed by atoms with Crippen LogP contribution in [0.15, 0.2) is 24.3 Å². The third-order valence-electron chi connectivity index (χ3n) is 3.95. The van der Waals surface area contributed by atoms with Gasteiger partial charge in [0.25, 0.3) is 0 Å². The van der Waals surface area contributed by atoms with E-state index in [4.69, 9.17) is 10.5 Å². The molecule has 0 bridgehead atoms. The summed E-state index contributed by atoms with van der Waals surface area (Å²) in [5, 5.41) is 3.49. The molecule has 1 aromatic rings. The number of aromatic nitrogens is 1. The molecular formula is C20H36N4O. The Kier molecular flexibility index (Phi) is 10.7. The highest BCUT2D eigenvalue weighted by molar-refractivity contribution is 5.55. The Hall–Kier alpha value is -1.75. The fraction of sp³-hybridized carbons (Fsp3) is 0.650. The van der Waals surface area contributed by atoms with Gasteiger partial charge in [0, 0.05) is 43.5 Å². The number of nitrogens with zero attached hydrogens (tertiary/aromatic N) is 2. The first-order valence-electron chi connectivity index (χ1n) is 9.76. The van der Waals surface area contributed by atoms with E-state index in [1.807, 2.05) is 26.0 Å². The van der Waals surface area contributed by atoms with Crippen molar-refractivity contribution in [3.63, 3.8) is 0 Å². The zero-order valence-corrected chi connectivity index (χ0v) is 16.4. The number of hydrogen-bond acceptors (Lipinski definition) is 5. The molecule has 5 nitrogen and oxygen atoms in total. The SMILES string of the molecule is CC.CCCN(CCC)c1cc(N)nc(OCCNC2CC=CC2)c1. The highest BCUT2D eigenvalue weighted by Crippen LogP contribution is 2.23. The molecule has 0 saturated heterocycles. The Labute approximate surface area is 153 Å². The first kappa shape index (κ1) is 21.3. The second kappa shape index (κ2) is 12.6.